The van der Waals surface area contributed by atoms with Crippen LogP contribution in [0.4, 0.5) is 5.69 Å². The van der Waals surface area contributed by atoms with Gasteiger partial charge in [0.05, 0.1) is 0 Å². The number of thioether (sulfide) groups is 1. The van der Waals surface area contributed by atoms with Gasteiger partial charge in [0.1, 0.15) is 6.61 Å². The molecule has 0 unspecified atom stereocenters. The molecule has 0 aromatic heterocycles. The summed E-state index contributed by atoms with van der Waals surface area (Å²) < 4.78 is 4.72. The molecule has 3 nitrogen and oxygen atoms in total. The van der Waals surface area contributed by atoms with E-state index in [1.54, 1.807) is 11.8 Å². The van der Waals surface area contributed by atoms with E-state index in [0.29, 0.717) is 0 Å². The first-order valence-electron chi connectivity index (χ1n) is 4.19. The van der Waals surface area contributed by atoms with Crippen molar-refractivity contribution < 1.29 is 9.53 Å². The molecule has 0 aliphatic carbocycles. The van der Waals surface area contributed by atoms with E-state index in [1.807, 2.05) is 30.5 Å². The highest BCUT2D eigenvalue weighted by atomic mass is 32.2. The Hall–Kier alpha value is -1.00. The minimum atomic E-state index is -0.134. The molecule has 0 bridgehead atoms. The standard InChI is InChI=1S/C10H13NO2S/c1-13-7-10(12)11-8-4-3-5-9(6-8)14-2/h3-6H,7H2,1-2H3,(H,11,12). The van der Waals surface area contributed by atoms with Crippen LogP contribution in [-0.2, 0) is 9.53 Å². The lowest BCUT2D eigenvalue weighted by molar-refractivity contribution is -0.119. The number of benzene rings is 1. The smallest absolute Gasteiger partial charge is 0.250 e. The summed E-state index contributed by atoms with van der Waals surface area (Å²) in [6.07, 6.45) is 2.00. The Bertz CT molecular complexity index is 315. The van der Waals surface area contributed by atoms with Gasteiger partial charge in [0.2, 0.25) is 5.91 Å². The number of amides is 1. The van der Waals surface area contributed by atoms with E-state index in [-0.39, 0.29) is 12.5 Å². The lowest BCUT2D eigenvalue weighted by Gasteiger charge is -2.05. The Morgan fingerprint density at radius 1 is 1.57 bits per heavy atom. The van der Waals surface area contributed by atoms with E-state index < -0.39 is 0 Å². The zero-order valence-electron chi connectivity index (χ0n) is 8.24. The minimum Gasteiger partial charge on any atom is -0.375 e. The van der Waals surface area contributed by atoms with Gasteiger partial charge in [0.25, 0.3) is 0 Å². The van der Waals surface area contributed by atoms with Gasteiger partial charge < -0.3 is 10.1 Å². The van der Waals surface area contributed by atoms with Gasteiger partial charge in [0.15, 0.2) is 0 Å². The first kappa shape index (κ1) is 11.1. The van der Waals surface area contributed by atoms with Gasteiger partial charge in [-0.3, -0.25) is 4.79 Å². The van der Waals surface area contributed by atoms with Crippen molar-refractivity contribution in [3.05, 3.63) is 24.3 Å². The lowest BCUT2D eigenvalue weighted by Crippen LogP contribution is -2.16. The molecule has 0 saturated carbocycles. The summed E-state index contributed by atoms with van der Waals surface area (Å²) in [6, 6.07) is 7.69. The fourth-order valence-electron chi connectivity index (χ4n) is 1.03. The van der Waals surface area contributed by atoms with Crippen LogP contribution in [0.15, 0.2) is 29.2 Å². The van der Waals surface area contributed by atoms with Crippen molar-refractivity contribution in [2.24, 2.45) is 0 Å². The molecule has 0 aliphatic rings. The van der Waals surface area contributed by atoms with E-state index in [0.717, 1.165) is 10.6 Å². The maximum atomic E-state index is 11.2. The first-order chi connectivity index (χ1) is 6.76. The number of anilines is 1. The van der Waals surface area contributed by atoms with Crippen LogP contribution in [0, 0.1) is 0 Å². The van der Waals surface area contributed by atoms with Crippen molar-refractivity contribution in [2.75, 3.05) is 25.3 Å². The molecule has 0 heterocycles. The van der Waals surface area contributed by atoms with Crippen LogP contribution in [0.1, 0.15) is 0 Å². The van der Waals surface area contributed by atoms with Crippen LogP contribution in [0.3, 0.4) is 0 Å². The van der Waals surface area contributed by atoms with Crippen LogP contribution >= 0.6 is 11.8 Å². The van der Waals surface area contributed by atoms with Crippen molar-refractivity contribution in [3.63, 3.8) is 0 Å². The van der Waals surface area contributed by atoms with E-state index in [1.165, 1.54) is 7.11 Å². The van der Waals surface area contributed by atoms with Gasteiger partial charge >= 0.3 is 0 Å². The number of rotatable bonds is 4. The second-order valence-corrected chi connectivity index (χ2v) is 3.59. The molecule has 1 N–H and O–H groups in total. The van der Waals surface area contributed by atoms with Crippen LogP contribution in [0.25, 0.3) is 0 Å². The minimum absolute atomic E-state index is 0.0868. The third kappa shape index (κ3) is 3.40. The molecule has 0 atom stereocenters. The summed E-state index contributed by atoms with van der Waals surface area (Å²) >= 11 is 1.64. The van der Waals surface area contributed by atoms with Gasteiger partial charge in [-0.2, -0.15) is 0 Å². The summed E-state index contributed by atoms with van der Waals surface area (Å²) in [6.45, 7) is 0.0868. The quantitative estimate of drug-likeness (QED) is 0.774. The van der Waals surface area contributed by atoms with Crippen LogP contribution in [0.5, 0.6) is 0 Å². The number of carbonyl (C=O) groups excluding carboxylic acids is 1. The molecule has 1 amide bonds. The Morgan fingerprint density at radius 2 is 2.36 bits per heavy atom. The summed E-state index contributed by atoms with van der Waals surface area (Å²) in [5.74, 6) is -0.134. The van der Waals surface area contributed by atoms with Crippen LogP contribution in [-0.4, -0.2) is 25.9 Å². The van der Waals surface area contributed by atoms with Gasteiger partial charge in [-0.1, -0.05) is 6.07 Å². The molecule has 1 aromatic carbocycles. The molecule has 0 spiro atoms. The van der Waals surface area contributed by atoms with Crippen molar-refractivity contribution in [1.82, 2.24) is 0 Å². The topological polar surface area (TPSA) is 38.3 Å². The van der Waals surface area contributed by atoms with E-state index in [2.05, 4.69) is 5.32 Å². The Kier molecular flexibility index (Phi) is 4.49. The van der Waals surface area contributed by atoms with Crippen LogP contribution in [0.2, 0.25) is 0 Å². The number of nitrogens with one attached hydrogen (secondary N) is 1. The fraction of sp³-hybridized carbons (Fsp3) is 0.300. The second kappa shape index (κ2) is 5.67. The SMILES string of the molecule is COCC(=O)Nc1cccc(SC)c1. The monoisotopic (exact) mass is 211 g/mol. The Morgan fingerprint density at radius 3 is 3.00 bits per heavy atom. The number of hydrogen-bond donors (Lipinski definition) is 1. The van der Waals surface area contributed by atoms with Crippen molar-refractivity contribution >= 4 is 23.4 Å². The van der Waals surface area contributed by atoms with Gasteiger partial charge in [-0.25, -0.2) is 0 Å². The molecular formula is C10H13NO2S. The van der Waals surface area contributed by atoms with Crippen LogP contribution < -0.4 is 5.32 Å². The predicted octanol–water partition coefficient (Wildman–Crippen LogP) is 1.99. The fourth-order valence-corrected chi connectivity index (χ4v) is 1.49. The van der Waals surface area contributed by atoms with E-state index in [9.17, 15) is 4.79 Å². The predicted molar refractivity (Wildman–Crippen MR) is 58.7 cm³/mol. The van der Waals surface area contributed by atoms with Gasteiger partial charge in [-0.15, -0.1) is 11.8 Å². The zero-order valence-corrected chi connectivity index (χ0v) is 9.06. The second-order valence-electron chi connectivity index (χ2n) is 2.71. The largest absolute Gasteiger partial charge is 0.375 e. The highest BCUT2D eigenvalue weighted by Gasteiger charge is 2.01. The molecule has 0 aliphatic heterocycles. The molecule has 0 fully saturated rings. The average Bonchev–Trinajstić information content (AvgIpc) is 2.18. The molecule has 0 radical (unpaired) electrons. The molecule has 14 heavy (non-hydrogen) atoms. The number of hydrogen-bond acceptors (Lipinski definition) is 3. The maximum absolute atomic E-state index is 11.2. The summed E-state index contributed by atoms with van der Waals surface area (Å²) in [5.41, 5.74) is 0.805. The summed E-state index contributed by atoms with van der Waals surface area (Å²) in [5, 5.41) is 2.74. The summed E-state index contributed by atoms with van der Waals surface area (Å²) in [7, 11) is 1.50. The normalized spacial score (nSPS) is 9.86. The highest BCUT2D eigenvalue weighted by molar-refractivity contribution is 7.98. The zero-order chi connectivity index (χ0) is 10.4. The first-order valence-corrected chi connectivity index (χ1v) is 5.41. The molecule has 4 heteroatoms. The van der Waals surface area contributed by atoms with Gasteiger partial charge in [0, 0.05) is 17.7 Å². The third-order valence-corrected chi connectivity index (χ3v) is 2.35. The Balaban J connectivity index is 2.62. The average molecular weight is 211 g/mol. The molecule has 0 saturated heterocycles. The molecular weight excluding hydrogens is 198 g/mol. The van der Waals surface area contributed by atoms with E-state index in [4.69, 9.17) is 4.74 Å². The number of methoxy groups -OCH3 is 1. The third-order valence-electron chi connectivity index (χ3n) is 1.63. The Labute approximate surface area is 87.8 Å². The van der Waals surface area contributed by atoms with Crippen molar-refractivity contribution in [3.8, 4) is 0 Å². The lowest BCUT2D eigenvalue weighted by atomic mass is 10.3. The molecule has 1 rings (SSSR count). The van der Waals surface area contributed by atoms with Crippen molar-refractivity contribution in [1.29, 1.82) is 0 Å². The van der Waals surface area contributed by atoms with E-state index >= 15 is 0 Å². The maximum Gasteiger partial charge on any atom is 0.250 e. The molecule has 1 aromatic rings. The molecule has 76 valence electrons. The number of carbonyl (C=O) groups is 1. The van der Waals surface area contributed by atoms with Gasteiger partial charge in [-0.05, 0) is 24.5 Å². The summed E-state index contributed by atoms with van der Waals surface area (Å²) in [4.78, 5) is 12.3. The van der Waals surface area contributed by atoms with Crippen molar-refractivity contribution in [2.45, 2.75) is 4.90 Å². The highest BCUT2D eigenvalue weighted by Crippen LogP contribution is 2.18. The number of ether oxygens (including phenoxy) is 1.